The molecular weight excluding hydrogens is 236 g/mol. The molecule has 2 aliphatic carbocycles. The van der Waals surface area contributed by atoms with Crippen molar-refractivity contribution in [3.05, 3.63) is 0 Å². The molecule has 0 amide bonds. The van der Waals surface area contributed by atoms with E-state index < -0.39 is 0 Å². The minimum Gasteiger partial charge on any atom is -0.378 e. The van der Waals surface area contributed by atoms with Crippen LogP contribution < -0.4 is 5.32 Å². The van der Waals surface area contributed by atoms with E-state index in [1.807, 2.05) is 0 Å². The predicted octanol–water partition coefficient (Wildman–Crippen LogP) is 2.51. The summed E-state index contributed by atoms with van der Waals surface area (Å²) in [6.07, 6.45) is 5.86. The van der Waals surface area contributed by atoms with Gasteiger partial charge in [-0.3, -0.25) is 0 Å². The highest BCUT2D eigenvalue weighted by Crippen LogP contribution is 2.57. The summed E-state index contributed by atoms with van der Waals surface area (Å²) >= 11 is 0. The van der Waals surface area contributed by atoms with Gasteiger partial charge in [0.05, 0.1) is 6.10 Å². The maximum Gasteiger partial charge on any atom is 0.0661 e. The molecule has 3 nitrogen and oxygen atoms in total. The number of hydrogen-bond donors (Lipinski definition) is 1. The first kappa shape index (κ1) is 15.3. The molecule has 0 heterocycles. The van der Waals surface area contributed by atoms with Gasteiger partial charge >= 0.3 is 0 Å². The minimum atomic E-state index is 0.490. The van der Waals surface area contributed by atoms with E-state index in [-0.39, 0.29) is 0 Å². The van der Waals surface area contributed by atoms with Gasteiger partial charge in [0.25, 0.3) is 0 Å². The molecule has 112 valence electrons. The SMILES string of the molecule is CCOC1CC(NCC(C(C)C)N(C)C)C12CCC2. The van der Waals surface area contributed by atoms with Crippen LogP contribution >= 0.6 is 0 Å². The van der Waals surface area contributed by atoms with Crippen LogP contribution in [0, 0.1) is 11.3 Å². The van der Waals surface area contributed by atoms with E-state index in [0.717, 1.165) is 13.2 Å². The van der Waals surface area contributed by atoms with Crippen LogP contribution in [0.15, 0.2) is 0 Å². The Hall–Kier alpha value is -0.120. The summed E-state index contributed by atoms with van der Waals surface area (Å²) in [7, 11) is 4.38. The van der Waals surface area contributed by atoms with Gasteiger partial charge in [-0.25, -0.2) is 0 Å². The molecule has 19 heavy (non-hydrogen) atoms. The number of rotatable bonds is 7. The third-order valence-electron chi connectivity index (χ3n) is 5.44. The van der Waals surface area contributed by atoms with Gasteiger partial charge in [0.15, 0.2) is 0 Å². The van der Waals surface area contributed by atoms with Crippen molar-refractivity contribution in [1.29, 1.82) is 0 Å². The average Bonchev–Trinajstić information content (AvgIpc) is 2.23. The van der Waals surface area contributed by atoms with E-state index in [4.69, 9.17) is 4.74 Å². The van der Waals surface area contributed by atoms with E-state index in [0.29, 0.717) is 29.5 Å². The highest BCUT2D eigenvalue weighted by Gasteiger charge is 2.58. The molecule has 1 N–H and O–H groups in total. The molecule has 2 aliphatic rings. The fraction of sp³-hybridized carbons (Fsp3) is 1.00. The maximum atomic E-state index is 5.92. The summed E-state index contributed by atoms with van der Waals surface area (Å²) in [5.41, 5.74) is 0.490. The van der Waals surface area contributed by atoms with Gasteiger partial charge in [-0.05, 0) is 46.2 Å². The fourth-order valence-electron chi connectivity index (χ4n) is 4.00. The van der Waals surface area contributed by atoms with E-state index >= 15 is 0 Å². The molecule has 1 spiro atoms. The fourth-order valence-corrected chi connectivity index (χ4v) is 4.00. The van der Waals surface area contributed by atoms with E-state index in [1.54, 1.807) is 0 Å². The Morgan fingerprint density at radius 1 is 1.32 bits per heavy atom. The quantitative estimate of drug-likeness (QED) is 0.768. The van der Waals surface area contributed by atoms with Crippen LogP contribution in [0.1, 0.15) is 46.5 Å². The lowest BCUT2D eigenvalue weighted by Crippen LogP contribution is -2.67. The van der Waals surface area contributed by atoms with Crippen LogP contribution in [-0.2, 0) is 4.74 Å². The Morgan fingerprint density at radius 3 is 2.42 bits per heavy atom. The van der Waals surface area contributed by atoms with Crippen LogP contribution in [0.3, 0.4) is 0 Å². The monoisotopic (exact) mass is 268 g/mol. The second-order valence-corrected chi connectivity index (χ2v) is 7.00. The number of nitrogens with zero attached hydrogens (tertiary/aromatic N) is 1. The van der Waals surface area contributed by atoms with Crippen molar-refractivity contribution < 1.29 is 4.74 Å². The Balaban J connectivity index is 1.84. The molecule has 2 rings (SSSR count). The topological polar surface area (TPSA) is 24.5 Å². The van der Waals surface area contributed by atoms with Crippen LogP contribution in [0.25, 0.3) is 0 Å². The molecule has 0 radical (unpaired) electrons. The third-order valence-corrected chi connectivity index (χ3v) is 5.44. The second-order valence-electron chi connectivity index (χ2n) is 7.00. The van der Waals surface area contributed by atoms with E-state index in [9.17, 15) is 0 Å². The molecule has 0 aromatic rings. The number of likely N-dealkylation sites (N-methyl/N-ethyl adjacent to an activating group) is 1. The number of nitrogens with one attached hydrogen (secondary N) is 1. The Bertz CT molecular complexity index is 278. The lowest BCUT2D eigenvalue weighted by Gasteiger charge is -2.61. The molecule has 0 aliphatic heterocycles. The summed E-state index contributed by atoms with van der Waals surface area (Å²) in [6.45, 7) is 8.72. The zero-order valence-corrected chi connectivity index (χ0v) is 13.4. The van der Waals surface area contributed by atoms with Gasteiger partial charge < -0.3 is 15.0 Å². The second kappa shape index (κ2) is 6.11. The first-order valence-corrected chi connectivity index (χ1v) is 8.02. The highest BCUT2D eigenvalue weighted by atomic mass is 16.5. The van der Waals surface area contributed by atoms with Crippen molar-refractivity contribution in [2.75, 3.05) is 27.2 Å². The van der Waals surface area contributed by atoms with E-state index in [1.165, 1.54) is 25.7 Å². The minimum absolute atomic E-state index is 0.490. The molecule has 2 fully saturated rings. The molecule has 0 aromatic heterocycles. The van der Waals surface area contributed by atoms with Gasteiger partial charge in [0.1, 0.15) is 0 Å². The molecule has 0 aromatic carbocycles. The zero-order chi connectivity index (χ0) is 14.0. The largest absolute Gasteiger partial charge is 0.378 e. The summed E-state index contributed by atoms with van der Waals surface area (Å²) in [5.74, 6) is 0.697. The Labute approximate surface area is 119 Å². The molecule has 0 bridgehead atoms. The summed E-state index contributed by atoms with van der Waals surface area (Å²) in [6, 6.07) is 1.32. The standard InChI is InChI=1S/C16H32N2O/c1-6-19-15-10-14(16(15)8-7-9-16)17-11-13(12(2)3)18(4)5/h12-15,17H,6-11H2,1-5H3. The number of ether oxygens (including phenoxy) is 1. The third kappa shape index (κ3) is 2.84. The van der Waals surface area contributed by atoms with Crippen LogP contribution in [0.4, 0.5) is 0 Å². The molecule has 0 saturated heterocycles. The number of hydrogen-bond acceptors (Lipinski definition) is 3. The van der Waals surface area contributed by atoms with Gasteiger partial charge in [0, 0.05) is 30.7 Å². The van der Waals surface area contributed by atoms with Crippen LogP contribution in [0.5, 0.6) is 0 Å². The average molecular weight is 268 g/mol. The van der Waals surface area contributed by atoms with Gasteiger partial charge in [-0.1, -0.05) is 20.3 Å². The van der Waals surface area contributed by atoms with Crippen molar-refractivity contribution in [1.82, 2.24) is 10.2 Å². The smallest absolute Gasteiger partial charge is 0.0661 e. The lowest BCUT2D eigenvalue weighted by atomic mass is 9.51. The highest BCUT2D eigenvalue weighted by molar-refractivity contribution is 5.12. The first-order chi connectivity index (χ1) is 9.01. The van der Waals surface area contributed by atoms with Gasteiger partial charge in [-0.15, -0.1) is 0 Å². The Morgan fingerprint density at radius 2 is 2.00 bits per heavy atom. The summed E-state index contributed by atoms with van der Waals surface area (Å²) in [4.78, 5) is 2.35. The molecule has 2 saturated carbocycles. The normalized spacial score (nSPS) is 30.5. The summed E-state index contributed by atoms with van der Waals surface area (Å²) in [5, 5.41) is 3.84. The molecule has 3 unspecified atom stereocenters. The van der Waals surface area contributed by atoms with Crippen molar-refractivity contribution in [3.8, 4) is 0 Å². The van der Waals surface area contributed by atoms with Crippen molar-refractivity contribution in [3.63, 3.8) is 0 Å². The lowest BCUT2D eigenvalue weighted by molar-refractivity contribution is -0.173. The van der Waals surface area contributed by atoms with Gasteiger partial charge in [-0.2, -0.15) is 0 Å². The van der Waals surface area contributed by atoms with E-state index in [2.05, 4.69) is 45.1 Å². The first-order valence-electron chi connectivity index (χ1n) is 8.02. The van der Waals surface area contributed by atoms with Crippen LogP contribution in [-0.4, -0.2) is 50.3 Å². The Kier molecular flexibility index (Phi) is 4.91. The van der Waals surface area contributed by atoms with Crippen molar-refractivity contribution in [2.45, 2.75) is 64.6 Å². The maximum absolute atomic E-state index is 5.92. The van der Waals surface area contributed by atoms with Crippen LogP contribution in [0.2, 0.25) is 0 Å². The van der Waals surface area contributed by atoms with Crippen molar-refractivity contribution in [2.24, 2.45) is 11.3 Å². The predicted molar refractivity (Wildman–Crippen MR) is 80.4 cm³/mol. The zero-order valence-electron chi connectivity index (χ0n) is 13.4. The van der Waals surface area contributed by atoms with Crippen molar-refractivity contribution >= 4 is 0 Å². The molecule has 3 heteroatoms. The molecule has 3 atom stereocenters. The molecular formula is C16H32N2O. The van der Waals surface area contributed by atoms with Gasteiger partial charge in [0.2, 0.25) is 0 Å². The summed E-state index contributed by atoms with van der Waals surface area (Å²) < 4.78 is 5.92.